The van der Waals surface area contributed by atoms with Gasteiger partial charge in [-0.1, -0.05) is 83.2 Å². The molecule has 1 aliphatic rings. The molecule has 1 aromatic rings. The standard InChI is InChI=1S/C32H53N3O6S/c1-7-42-30(29(39)33-24(19-22-14-10-8-11-15-22)27(37)26(36)18-21(2)3)35-28(38)25(20-23-16-12-9-13-17-23)34-31(40)41-32(4,5)6/h9,12-13,16-17,21-22,24-27,30,36-37H,7-8,10-11,14-15,18-20H2,1-6H3,(H,33,39)(H,34,40)(H,35,38)/t24-,25-,26-,27+,30?/m0/s1. The van der Waals surface area contributed by atoms with Crippen molar-refractivity contribution in [1.82, 2.24) is 16.0 Å². The van der Waals surface area contributed by atoms with Crippen molar-refractivity contribution in [2.45, 2.75) is 128 Å². The fourth-order valence-corrected chi connectivity index (χ4v) is 6.06. The molecular weight excluding hydrogens is 554 g/mol. The second kappa shape index (κ2) is 17.7. The second-order valence-corrected chi connectivity index (χ2v) is 14.2. The maximum absolute atomic E-state index is 13.6. The van der Waals surface area contributed by atoms with Crippen LogP contribution in [0, 0.1) is 11.8 Å². The van der Waals surface area contributed by atoms with E-state index in [1.807, 2.05) is 51.1 Å². The molecule has 0 aromatic heterocycles. The Morgan fingerprint density at radius 3 is 2.19 bits per heavy atom. The molecule has 5 N–H and O–H groups in total. The highest BCUT2D eigenvalue weighted by Crippen LogP contribution is 2.29. The number of aliphatic hydroxyl groups excluding tert-OH is 2. The van der Waals surface area contributed by atoms with E-state index in [0.29, 0.717) is 24.5 Å². The number of carbonyl (C=O) groups is 3. The van der Waals surface area contributed by atoms with Crippen LogP contribution in [0.1, 0.15) is 92.1 Å². The van der Waals surface area contributed by atoms with Crippen LogP contribution < -0.4 is 16.0 Å². The number of ether oxygens (including phenoxy) is 1. The molecule has 1 aliphatic carbocycles. The molecule has 1 unspecified atom stereocenters. The molecule has 1 aromatic carbocycles. The number of thioether (sulfide) groups is 1. The zero-order valence-electron chi connectivity index (χ0n) is 26.2. The van der Waals surface area contributed by atoms with E-state index in [0.717, 1.165) is 31.2 Å². The maximum Gasteiger partial charge on any atom is 0.408 e. The van der Waals surface area contributed by atoms with Gasteiger partial charge in [-0.05, 0) is 56.8 Å². The molecule has 0 bridgehead atoms. The van der Waals surface area contributed by atoms with Crippen LogP contribution >= 0.6 is 11.8 Å². The van der Waals surface area contributed by atoms with E-state index in [1.165, 1.54) is 18.2 Å². The lowest BCUT2D eigenvalue weighted by Gasteiger charge is -2.33. The predicted octanol–water partition coefficient (Wildman–Crippen LogP) is 4.54. The largest absolute Gasteiger partial charge is 0.444 e. The lowest BCUT2D eigenvalue weighted by atomic mass is 9.82. The number of rotatable bonds is 15. The average Bonchev–Trinajstić information content (AvgIpc) is 2.91. The van der Waals surface area contributed by atoms with Crippen LogP contribution in [0.15, 0.2) is 30.3 Å². The number of benzene rings is 1. The van der Waals surface area contributed by atoms with Crippen molar-refractivity contribution in [1.29, 1.82) is 0 Å². The number of nitrogens with one attached hydrogen (secondary N) is 3. The minimum Gasteiger partial charge on any atom is -0.444 e. The van der Waals surface area contributed by atoms with Gasteiger partial charge in [0, 0.05) is 6.42 Å². The van der Waals surface area contributed by atoms with E-state index >= 15 is 0 Å². The van der Waals surface area contributed by atoms with Crippen molar-refractivity contribution < 1.29 is 29.3 Å². The molecule has 2 rings (SSSR count). The lowest BCUT2D eigenvalue weighted by molar-refractivity contribution is -0.129. The molecule has 5 atom stereocenters. The number of hydrogen-bond acceptors (Lipinski definition) is 7. The minimum absolute atomic E-state index is 0.183. The summed E-state index contributed by atoms with van der Waals surface area (Å²) in [5.41, 5.74) is 0.0970. The summed E-state index contributed by atoms with van der Waals surface area (Å²) in [6, 6.07) is 7.68. The van der Waals surface area contributed by atoms with Gasteiger partial charge in [0.1, 0.15) is 17.7 Å². The first-order chi connectivity index (χ1) is 19.8. The Hall–Kier alpha value is -2.30. The van der Waals surface area contributed by atoms with E-state index in [1.54, 1.807) is 20.8 Å². The van der Waals surface area contributed by atoms with E-state index in [-0.39, 0.29) is 12.3 Å². The molecule has 9 nitrogen and oxygen atoms in total. The zero-order chi connectivity index (χ0) is 31.3. The summed E-state index contributed by atoms with van der Waals surface area (Å²) in [6.07, 6.45) is 3.85. The molecule has 0 saturated heterocycles. The normalized spacial score (nSPS) is 17.9. The van der Waals surface area contributed by atoms with Crippen LogP contribution in [0.25, 0.3) is 0 Å². The number of aliphatic hydroxyl groups is 2. The van der Waals surface area contributed by atoms with Crippen molar-refractivity contribution in [2.75, 3.05) is 5.75 Å². The monoisotopic (exact) mass is 607 g/mol. The molecule has 3 amide bonds. The molecule has 0 heterocycles. The molecule has 42 heavy (non-hydrogen) atoms. The number of hydrogen-bond donors (Lipinski definition) is 5. The number of amides is 3. The Morgan fingerprint density at radius 1 is 0.976 bits per heavy atom. The van der Waals surface area contributed by atoms with Gasteiger partial charge >= 0.3 is 6.09 Å². The molecule has 1 fully saturated rings. The van der Waals surface area contributed by atoms with Crippen molar-refractivity contribution in [3.05, 3.63) is 35.9 Å². The van der Waals surface area contributed by atoms with Gasteiger partial charge in [-0.25, -0.2) is 4.79 Å². The zero-order valence-corrected chi connectivity index (χ0v) is 27.0. The summed E-state index contributed by atoms with van der Waals surface area (Å²) in [7, 11) is 0. The molecule has 1 saturated carbocycles. The van der Waals surface area contributed by atoms with E-state index in [4.69, 9.17) is 4.74 Å². The third-order valence-electron chi connectivity index (χ3n) is 7.29. The number of carbonyl (C=O) groups excluding carboxylic acids is 3. The SMILES string of the molecule is CCSC(NC(=O)[C@H](Cc1ccccc1)NC(=O)OC(C)(C)C)C(=O)N[C@@H](CC1CCCCC1)[C@@H](O)[C@@H](O)CC(C)C. The van der Waals surface area contributed by atoms with Crippen molar-refractivity contribution in [3.8, 4) is 0 Å². The summed E-state index contributed by atoms with van der Waals surface area (Å²) in [5, 5.41) is 29.4. The molecular formula is C32H53N3O6S. The lowest BCUT2D eigenvalue weighted by Crippen LogP contribution is -2.57. The van der Waals surface area contributed by atoms with Crippen LogP contribution in [-0.2, 0) is 20.7 Å². The Kier molecular flexibility index (Phi) is 15.2. The van der Waals surface area contributed by atoms with Crippen molar-refractivity contribution >= 4 is 29.7 Å². The van der Waals surface area contributed by atoms with Crippen LogP contribution in [-0.4, -0.2) is 69.1 Å². The number of alkyl carbamates (subject to hydrolysis) is 1. The van der Waals surface area contributed by atoms with Gasteiger partial charge in [0.25, 0.3) is 5.91 Å². The van der Waals surface area contributed by atoms with Crippen LogP contribution in [0.3, 0.4) is 0 Å². The quantitative estimate of drug-likeness (QED) is 0.185. The second-order valence-electron chi connectivity index (χ2n) is 12.8. The van der Waals surface area contributed by atoms with E-state index in [9.17, 15) is 24.6 Å². The van der Waals surface area contributed by atoms with Gasteiger partial charge in [0.05, 0.1) is 12.1 Å². The summed E-state index contributed by atoms with van der Waals surface area (Å²) >= 11 is 1.25. The molecule has 0 radical (unpaired) electrons. The maximum atomic E-state index is 13.6. The van der Waals surface area contributed by atoms with Crippen LogP contribution in [0.4, 0.5) is 4.79 Å². The van der Waals surface area contributed by atoms with Crippen molar-refractivity contribution in [2.24, 2.45) is 11.8 Å². The summed E-state index contributed by atoms with van der Waals surface area (Å²) in [4.78, 5) is 39.8. The summed E-state index contributed by atoms with van der Waals surface area (Å²) in [5.74, 6) is 0.123. The summed E-state index contributed by atoms with van der Waals surface area (Å²) in [6.45, 7) is 11.1. The van der Waals surface area contributed by atoms with E-state index < -0.39 is 53.2 Å². The van der Waals surface area contributed by atoms with Crippen LogP contribution in [0.5, 0.6) is 0 Å². The fraction of sp³-hybridized carbons (Fsp3) is 0.719. The molecule has 0 spiro atoms. The Labute approximate surface area is 256 Å². The summed E-state index contributed by atoms with van der Waals surface area (Å²) < 4.78 is 5.39. The Morgan fingerprint density at radius 2 is 1.62 bits per heavy atom. The van der Waals surface area contributed by atoms with Gasteiger partial charge in [-0.3, -0.25) is 9.59 Å². The topological polar surface area (TPSA) is 137 Å². The first-order valence-electron chi connectivity index (χ1n) is 15.4. The average molecular weight is 608 g/mol. The fourth-order valence-electron chi connectivity index (χ4n) is 5.30. The molecule has 0 aliphatic heterocycles. The highest BCUT2D eigenvalue weighted by molar-refractivity contribution is 8.00. The third kappa shape index (κ3) is 13.3. The van der Waals surface area contributed by atoms with Gasteiger partial charge in [0.15, 0.2) is 5.37 Å². The molecule has 238 valence electrons. The van der Waals surface area contributed by atoms with Gasteiger partial charge in [-0.2, -0.15) is 0 Å². The van der Waals surface area contributed by atoms with Gasteiger partial charge in [-0.15, -0.1) is 11.8 Å². The Bertz CT molecular complexity index is 965. The van der Waals surface area contributed by atoms with Crippen molar-refractivity contribution in [3.63, 3.8) is 0 Å². The minimum atomic E-state index is -1.12. The van der Waals surface area contributed by atoms with Gasteiger partial charge < -0.3 is 30.9 Å². The smallest absolute Gasteiger partial charge is 0.408 e. The third-order valence-corrected chi connectivity index (χ3v) is 8.29. The first-order valence-corrected chi connectivity index (χ1v) is 16.5. The highest BCUT2D eigenvalue weighted by Gasteiger charge is 2.34. The highest BCUT2D eigenvalue weighted by atomic mass is 32.2. The van der Waals surface area contributed by atoms with Crippen LogP contribution in [0.2, 0.25) is 0 Å². The van der Waals surface area contributed by atoms with Gasteiger partial charge in [0.2, 0.25) is 5.91 Å². The van der Waals surface area contributed by atoms with E-state index in [2.05, 4.69) is 16.0 Å². The predicted molar refractivity (Wildman–Crippen MR) is 168 cm³/mol. The Balaban J connectivity index is 2.20. The first kappa shape index (κ1) is 35.9. The molecule has 10 heteroatoms.